The molecule has 25 heavy (non-hydrogen) atoms. The van der Waals surface area contributed by atoms with Crippen LogP contribution in [0.4, 0.5) is 5.69 Å². The molecule has 4 nitrogen and oxygen atoms in total. The maximum absolute atomic E-state index is 8.81. The van der Waals surface area contributed by atoms with Gasteiger partial charge in [-0.3, -0.25) is 9.98 Å². The summed E-state index contributed by atoms with van der Waals surface area (Å²) in [6.07, 6.45) is 0. The van der Waals surface area contributed by atoms with Gasteiger partial charge >= 0.3 is 0 Å². The van der Waals surface area contributed by atoms with Gasteiger partial charge in [0, 0.05) is 16.2 Å². The first-order valence-corrected chi connectivity index (χ1v) is 8.10. The zero-order valence-corrected chi connectivity index (χ0v) is 13.4. The average molecular weight is 325 g/mol. The third kappa shape index (κ3) is 1.85. The zero-order chi connectivity index (χ0) is 17.0. The van der Waals surface area contributed by atoms with Crippen LogP contribution in [-0.4, -0.2) is 10.4 Å². The van der Waals surface area contributed by atoms with Gasteiger partial charge in [0.05, 0.1) is 16.7 Å². The van der Waals surface area contributed by atoms with Crippen molar-refractivity contribution in [3.8, 4) is 0 Å². The van der Waals surface area contributed by atoms with E-state index in [4.69, 9.17) is 15.6 Å². The molecular formula is C21H15N3O. The van der Waals surface area contributed by atoms with Crippen LogP contribution in [0.2, 0.25) is 0 Å². The van der Waals surface area contributed by atoms with Crippen LogP contribution in [0.25, 0.3) is 32.8 Å². The van der Waals surface area contributed by atoms with Crippen LogP contribution in [0.1, 0.15) is 5.76 Å². The van der Waals surface area contributed by atoms with E-state index in [1.165, 1.54) is 0 Å². The summed E-state index contributed by atoms with van der Waals surface area (Å²) >= 11 is 0. The highest BCUT2D eigenvalue weighted by Crippen LogP contribution is 2.33. The molecule has 5 rings (SSSR count). The summed E-state index contributed by atoms with van der Waals surface area (Å²) in [6.45, 7) is 0. The third-order valence-corrected chi connectivity index (χ3v) is 4.65. The molecule has 0 atom stereocenters. The Kier molecular flexibility index (Phi) is 2.76. The highest BCUT2D eigenvalue weighted by atomic mass is 16.3. The number of hydrogen-bond acceptors (Lipinski definition) is 3. The fraction of sp³-hybridized carbons (Fsp3) is 0. The molecule has 0 fully saturated rings. The van der Waals surface area contributed by atoms with Crippen molar-refractivity contribution < 1.29 is 4.42 Å². The van der Waals surface area contributed by atoms with E-state index in [2.05, 4.69) is 12.1 Å². The van der Waals surface area contributed by atoms with Crippen molar-refractivity contribution in [1.82, 2.24) is 4.57 Å². The van der Waals surface area contributed by atoms with Gasteiger partial charge in [-0.05, 0) is 24.3 Å². The Bertz CT molecular complexity index is 1220. The molecule has 0 saturated carbocycles. The van der Waals surface area contributed by atoms with Crippen LogP contribution in [-0.2, 0) is 0 Å². The minimum Gasteiger partial charge on any atom is -0.451 e. The van der Waals surface area contributed by atoms with Crippen molar-refractivity contribution in [3.05, 3.63) is 78.6 Å². The Balaban J connectivity index is 1.85. The molecule has 120 valence electrons. The molecule has 3 N–H and O–H groups in total. The Morgan fingerprint density at radius 2 is 1.28 bits per heavy atom. The lowest BCUT2D eigenvalue weighted by atomic mass is 10.2. The SMILES string of the molecule is N=C(c1oc2ccccc2c1N)n1c2ccccc2c2ccccc21. The molecule has 0 aliphatic heterocycles. The van der Waals surface area contributed by atoms with Gasteiger partial charge in [0.2, 0.25) is 0 Å². The molecule has 0 aliphatic carbocycles. The second-order valence-corrected chi connectivity index (χ2v) is 6.06. The highest BCUT2D eigenvalue weighted by molar-refractivity contribution is 6.18. The lowest BCUT2D eigenvalue weighted by molar-refractivity contribution is 0.602. The Labute approximate surface area is 143 Å². The Hall–Kier alpha value is -3.53. The largest absolute Gasteiger partial charge is 0.451 e. The van der Waals surface area contributed by atoms with E-state index in [1.807, 2.05) is 65.2 Å². The van der Waals surface area contributed by atoms with Crippen LogP contribution in [0, 0.1) is 5.41 Å². The summed E-state index contributed by atoms with van der Waals surface area (Å²) in [5.41, 5.74) is 9.42. The van der Waals surface area contributed by atoms with Gasteiger partial charge < -0.3 is 10.2 Å². The number of nitrogens with zero attached hydrogens (tertiary/aromatic N) is 1. The summed E-state index contributed by atoms with van der Waals surface area (Å²) in [6, 6.07) is 23.8. The average Bonchev–Trinajstić information content (AvgIpc) is 3.17. The Morgan fingerprint density at radius 3 is 1.88 bits per heavy atom. The maximum Gasteiger partial charge on any atom is 0.193 e. The van der Waals surface area contributed by atoms with Crippen molar-refractivity contribution in [2.45, 2.75) is 0 Å². The predicted octanol–water partition coefficient (Wildman–Crippen LogP) is 5.00. The van der Waals surface area contributed by atoms with Gasteiger partial charge in [0.25, 0.3) is 0 Å². The van der Waals surface area contributed by atoms with Crippen molar-refractivity contribution in [2.75, 3.05) is 5.73 Å². The summed E-state index contributed by atoms with van der Waals surface area (Å²) in [5, 5.41) is 11.9. The fourth-order valence-electron chi connectivity index (χ4n) is 3.51. The molecule has 2 heterocycles. The summed E-state index contributed by atoms with van der Waals surface area (Å²) in [7, 11) is 0. The van der Waals surface area contributed by atoms with Crippen LogP contribution in [0.15, 0.2) is 77.2 Å². The molecule has 0 spiro atoms. The lowest BCUT2D eigenvalue weighted by Crippen LogP contribution is -2.12. The number of nitrogens with one attached hydrogen (secondary N) is 1. The number of fused-ring (bicyclic) bond motifs is 4. The second kappa shape index (κ2) is 4.98. The van der Waals surface area contributed by atoms with E-state index in [-0.39, 0.29) is 5.84 Å². The van der Waals surface area contributed by atoms with E-state index in [9.17, 15) is 0 Å². The number of anilines is 1. The molecule has 2 aromatic heterocycles. The predicted molar refractivity (Wildman–Crippen MR) is 102 cm³/mol. The fourth-order valence-corrected chi connectivity index (χ4v) is 3.51. The maximum atomic E-state index is 8.81. The van der Waals surface area contributed by atoms with Gasteiger partial charge in [0.1, 0.15) is 5.58 Å². The normalized spacial score (nSPS) is 11.5. The molecule has 0 amide bonds. The number of aromatic nitrogens is 1. The van der Waals surface area contributed by atoms with Crippen LogP contribution < -0.4 is 5.73 Å². The van der Waals surface area contributed by atoms with Crippen molar-refractivity contribution in [1.29, 1.82) is 5.41 Å². The number of hydrogen-bond donors (Lipinski definition) is 2. The number of nitrogen functional groups attached to an aromatic ring is 1. The first-order chi connectivity index (χ1) is 12.3. The third-order valence-electron chi connectivity index (χ3n) is 4.65. The number of para-hydroxylation sites is 3. The number of furan rings is 1. The van der Waals surface area contributed by atoms with Crippen LogP contribution >= 0.6 is 0 Å². The molecule has 0 unspecified atom stereocenters. The topological polar surface area (TPSA) is 67.9 Å². The minimum absolute atomic E-state index is 0.242. The van der Waals surface area contributed by atoms with Crippen molar-refractivity contribution in [2.24, 2.45) is 0 Å². The molecular weight excluding hydrogens is 310 g/mol. The van der Waals surface area contributed by atoms with Gasteiger partial charge in [-0.15, -0.1) is 0 Å². The van der Waals surface area contributed by atoms with Crippen LogP contribution in [0.3, 0.4) is 0 Å². The number of benzene rings is 3. The van der Waals surface area contributed by atoms with Gasteiger partial charge in [-0.1, -0.05) is 48.5 Å². The molecule has 3 aromatic carbocycles. The zero-order valence-electron chi connectivity index (χ0n) is 13.4. The minimum atomic E-state index is 0.242. The monoisotopic (exact) mass is 325 g/mol. The van der Waals surface area contributed by atoms with E-state index in [0.717, 1.165) is 27.2 Å². The van der Waals surface area contributed by atoms with Crippen LogP contribution in [0.5, 0.6) is 0 Å². The summed E-state index contributed by atoms with van der Waals surface area (Å²) < 4.78 is 7.81. The molecule has 0 saturated heterocycles. The smallest absolute Gasteiger partial charge is 0.193 e. The molecule has 0 aliphatic rings. The standard InChI is InChI=1S/C21H15N3O/c22-19-15-9-3-6-12-18(15)25-20(19)21(23)24-16-10-4-1-7-13(16)14-8-2-5-11-17(14)24/h1-12,23H,22H2. The number of nitrogens with two attached hydrogens (primary N) is 1. The summed E-state index contributed by atoms with van der Waals surface area (Å²) in [4.78, 5) is 0. The first-order valence-electron chi connectivity index (χ1n) is 8.10. The first kappa shape index (κ1) is 13.9. The quantitative estimate of drug-likeness (QED) is 0.336. The molecule has 4 heteroatoms. The Morgan fingerprint density at radius 1 is 0.760 bits per heavy atom. The number of rotatable bonds is 1. The van der Waals surface area contributed by atoms with E-state index in [1.54, 1.807) is 0 Å². The van der Waals surface area contributed by atoms with E-state index < -0.39 is 0 Å². The highest BCUT2D eigenvalue weighted by Gasteiger charge is 2.20. The van der Waals surface area contributed by atoms with E-state index >= 15 is 0 Å². The summed E-state index contributed by atoms with van der Waals surface area (Å²) in [5.74, 6) is 0.638. The second-order valence-electron chi connectivity index (χ2n) is 6.06. The molecule has 5 aromatic rings. The van der Waals surface area contributed by atoms with E-state index in [0.29, 0.717) is 17.0 Å². The lowest BCUT2D eigenvalue weighted by Gasteiger charge is -2.07. The van der Waals surface area contributed by atoms with Gasteiger partial charge in [-0.2, -0.15) is 0 Å². The molecule has 0 bridgehead atoms. The van der Waals surface area contributed by atoms with Crippen molar-refractivity contribution >= 4 is 44.3 Å². The molecule has 0 radical (unpaired) electrons. The van der Waals surface area contributed by atoms with Gasteiger partial charge in [0.15, 0.2) is 11.6 Å². The van der Waals surface area contributed by atoms with Gasteiger partial charge in [-0.25, -0.2) is 0 Å². The van der Waals surface area contributed by atoms with Crippen molar-refractivity contribution in [3.63, 3.8) is 0 Å².